The zero-order valence-electron chi connectivity index (χ0n) is 20.8. The number of anilines is 1. The lowest BCUT2D eigenvalue weighted by Gasteiger charge is -2.29. The van der Waals surface area contributed by atoms with Crippen molar-refractivity contribution < 1.29 is 14.3 Å². The molecule has 0 aliphatic carbocycles. The van der Waals surface area contributed by atoms with Crippen molar-refractivity contribution in [1.29, 1.82) is 0 Å². The summed E-state index contributed by atoms with van der Waals surface area (Å²) < 4.78 is 7.98. The quantitative estimate of drug-likeness (QED) is 0.180. The molecule has 0 atom stereocenters. The molecular weight excluding hydrogens is 518 g/mol. The zero-order chi connectivity index (χ0) is 26.8. The highest BCUT2D eigenvalue weighted by molar-refractivity contribution is 7.80. The number of aromatic nitrogens is 1. The van der Waals surface area contributed by atoms with Crippen LogP contribution in [0.25, 0.3) is 11.8 Å². The first kappa shape index (κ1) is 25.4. The summed E-state index contributed by atoms with van der Waals surface area (Å²) in [5.74, 6) is -0.313. The normalized spacial score (nSPS) is 14.7. The van der Waals surface area contributed by atoms with Gasteiger partial charge >= 0.3 is 0 Å². The largest absolute Gasteiger partial charge is 0.489 e. The molecular formula is C30H24ClN3O3S. The van der Waals surface area contributed by atoms with Crippen molar-refractivity contribution in [3.63, 3.8) is 0 Å². The third-order valence-electron chi connectivity index (χ3n) is 6.31. The Labute approximate surface area is 231 Å². The van der Waals surface area contributed by atoms with Crippen LogP contribution < -0.4 is 15.0 Å². The Balaban J connectivity index is 1.41. The van der Waals surface area contributed by atoms with E-state index in [1.807, 2.05) is 74.5 Å². The summed E-state index contributed by atoms with van der Waals surface area (Å²) in [5.41, 5.74) is 5.01. The lowest BCUT2D eigenvalue weighted by atomic mass is 10.1. The van der Waals surface area contributed by atoms with E-state index in [0.29, 0.717) is 17.3 Å². The smallest absolute Gasteiger partial charge is 0.270 e. The lowest BCUT2D eigenvalue weighted by Crippen LogP contribution is -2.54. The second kappa shape index (κ2) is 10.7. The Morgan fingerprint density at radius 3 is 2.34 bits per heavy atom. The van der Waals surface area contributed by atoms with Crippen LogP contribution in [0.15, 0.2) is 90.5 Å². The van der Waals surface area contributed by atoms with Crippen LogP contribution in [0.1, 0.15) is 22.5 Å². The summed E-state index contributed by atoms with van der Waals surface area (Å²) in [6.45, 7) is 4.41. The van der Waals surface area contributed by atoms with Gasteiger partial charge in [-0.2, -0.15) is 0 Å². The summed E-state index contributed by atoms with van der Waals surface area (Å²) >= 11 is 11.6. The third-order valence-corrected chi connectivity index (χ3v) is 6.91. The molecule has 0 radical (unpaired) electrons. The summed E-state index contributed by atoms with van der Waals surface area (Å²) in [6, 6.07) is 26.6. The van der Waals surface area contributed by atoms with Gasteiger partial charge in [-0.25, -0.2) is 0 Å². The molecule has 2 heterocycles. The molecule has 1 saturated heterocycles. The number of aryl methyl sites for hydroxylation is 1. The maximum absolute atomic E-state index is 13.4. The van der Waals surface area contributed by atoms with Gasteiger partial charge in [0, 0.05) is 17.1 Å². The van der Waals surface area contributed by atoms with E-state index >= 15 is 0 Å². The number of nitrogens with one attached hydrogen (secondary N) is 1. The summed E-state index contributed by atoms with van der Waals surface area (Å²) in [7, 11) is 0. The number of carbonyl (C=O) groups excluding carboxylic acids is 2. The average Bonchev–Trinajstić information content (AvgIpc) is 3.19. The average molecular weight is 542 g/mol. The Morgan fingerprint density at radius 1 is 0.947 bits per heavy atom. The number of halogens is 1. The van der Waals surface area contributed by atoms with Crippen LogP contribution in [0, 0.1) is 13.8 Å². The van der Waals surface area contributed by atoms with Crippen molar-refractivity contribution in [3.05, 3.63) is 118 Å². The predicted octanol–water partition coefficient (Wildman–Crippen LogP) is 6.16. The maximum Gasteiger partial charge on any atom is 0.270 e. The Morgan fingerprint density at radius 2 is 1.63 bits per heavy atom. The summed E-state index contributed by atoms with van der Waals surface area (Å²) in [6.07, 6.45) is 1.60. The molecule has 6 nitrogen and oxygen atoms in total. The first-order valence-electron chi connectivity index (χ1n) is 12.0. The molecule has 1 aliphatic rings. The van der Waals surface area contributed by atoms with E-state index in [-0.39, 0.29) is 10.7 Å². The van der Waals surface area contributed by atoms with Crippen LogP contribution in [-0.2, 0) is 16.2 Å². The van der Waals surface area contributed by atoms with Crippen LogP contribution in [-0.4, -0.2) is 21.5 Å². The van der Waals surface area contributed by atoms with Crippen LogP contribution in [0.4, 0.5) is 5.69 Å². The maximum atomic E-state index is 13.4. The van der Waals surface area contributed by atoms with Crippen LogP contribution in [0.5, 0.6) is 5.75 Å². The van der Waals surface area contributed by atoms with Crippen molar-refractivity contribution >= 4 is 52.5 Å². The Hall–Kier alpha value is -4.20. The van der Waals surface area contributed by atoms with Gasteiger partial charge in [-0.1, -0.05) is 54.1 Å². The van der Waals surface area contributed by atoms with E-state index in [1.165, 1.54) is 4.90 Å². The first-order valence-corrected chi connectivity index (χ1v) is 12.7. The van der Waals surface area contributed by atoms with E-state index in [1.54, 1.807) is 30.3 Å². The van der Waals surface area contributed by atoms with Gasteiger partial charge in [0.2, 0.25) is 0 Å². The number of thiocarbonyl (C=S) groups is 1. The third kappa shape index (κ3) is 4.98. The van der Waals surface area contributed by atoms with Crippen molar-refractivity contribution in [1.82, 2.24) is 9.88 Å². The second-order valence-electron chi connectivity index (χ2n) is 8.84. The predicted molar refractivity (Wildman–Crippen MR) is 154 cm³/mol. The zero-order valence-corrected chi connectivity index (χ0v) is 22.3. The van der Waals surface area contributed by atoms with Crippen molar-refractivity contribution in [2.75, 3.05) is 4.90 Å². The standard InChI is InChI=1S/C30H24ClN3O3S/c1-19-16-22(17-25-28(35)32-30(38)34(29(25)36)27-11-7-6-10-26(27)31)20(2)33(19)23-12-14-24(15-13-23)37-18-21-8-4-3-5-9-21/h3-17H,18H2,1-2H3,(H,32,35,38)/b25-17+. The highest BCUT2D eigenvalue weighted by Gasteiger charge is 2.35. The number of ether oxygens (including phenoxy) is 1. The van der Waals surface area contributed by atoms with Gasteiger partial charge in [0.1, 0.15) is 17.9 Å². The number of carbonyl (C=O) groups is 2. The number of amides is 2. The molecule has 0 bridgehead atoms. The number of hydrogen-bond donors (Lipinski definition) is 1. The highest BCUT2D eigenvalue weighted by Crippen LogP contribution is 2.30. The second-order valence-corrected chi connectivity index (χ2v) is 9.63. The fourth-order valence-electron chi connectivity index (χ4n) is 4.43. The number of rotatable bonds is 6. The minimum Gasteiger partial charge on any atom is -0.489 e. The van der Waals surface area contributed by atoms with Gasteiger partial charge in [0.25, 0.3) is 11.8 Å². The molecule has 3 aromatic carbocycles. The monoisotopic (exact) mass is 541 g/mol. The number of para-hydroxylation sites is 1. The van der Waals surface area contributed by atoms with Crippen LogP contribution in [0.3, 0.4) is 0 Å². The van der Waals surface area contributed by atoms with Gasteiger partial charge in [0.05, 0.1) is 10.7 Å². The molecule has 0 saturated carbocycles. The van der Waals surface area contributed by atoms with Gasteiger partial charge in [-0.05, 0) is 85.7 Å². The molecule has 190 valence electrons. The first-order chi connectivity index (χ1) is 18.3. The molecule has 2 amide bonds. The number of benzene rings is 3. The van der Waals surface area contributed by atoms with E-state index in [2.05, 4.69) is 9.88 Å². The Bertz CT molecular complexity index is 1580. The van der Waals surface area contributed by atoms with E-state index in [4.69, 9.17) is 28.6 Å². The van der Waals surface area contributed by atoms with Crippen molar-refractivity contribution in [2.45, 2.75) is 20.5 Å². The van der Waals surface area contributed by atoms with Crippen molar-refractivity contribution in [3.8, 4) is 11.4 Å². The summed E-state index contributed by atoms with van der Waals surface area (Å²) in [4.78, 5) is 27.4. The molecule has 0 unspecified atom stereocenters. The fourth-order valence-corrected chi connectivity index (χ4v) is 4.92. The van der Waals surface area contributed by atoms with E-state index in [9.17, 15) is 9.59 Å². The molecule has 0 spiro atoms. The molecule has 1 aliphatic heterocycles. The molecule has 38 heavy (non-hydrogen) atoms. The van der Waals surface area contributed by atoms with Gasteiger partial charge in [-0.3, -0.25) is 19.8 Å². The number of nitrogens with zero attached hydrogens (tertiary/aromatic N) is 2. The molecule has 5 rings (SSSR count). The fraction of sp³-hybridized carbons (Fsp3) is 0.100. The topological polar surface area (TPSA) is 63.6 Å². The minimum absolute atomic E-state index is 0.00899. The molecule has 1 N–H and O–H groups in total. The van der Waals surface area contributed by atoms with Gasteiger partial charge < -0.3 is 9.30 Å². The van der Waals surface area contributed by atoms with Crippen LogP contribution in [0.2, 0.25) is 5.02 Å². The van der Waals surface area contributed by atoms with E-state index in [0.717, 1.165) is 34.0 Å². The molecule has 1 aromatic heterocycles. The van der Waals surface area contributed by atoms with Gasteiger partial charge in [0.15, 0.2) is 5.11 Å². The SMILES string of the molecule is Cc1cc(/C=C2\C(=O)NC(=S)N(c3ccccc3Cl)C2=O)c(C)n1-c1ccc(OCc2ccccc2)cc1. The summed E-state index contributed by atoms with van der Waals surface area (Å²) in [5, 5.41) is 2.95. The van der Waals surface area contributed by atoms with Gasteiger partial charge in [-0.15, -0.1) is 0 Å². The van der Waals surface area contributed by atoms with E-state index < -0.39 is 11.8 Å². The lowest BCUT2D eigenvalue weighted by molar-refractivity contribution is -0.122. The highest BCUT2D eigenvalue weighted by atomic mass is 35.5. The molecule has 4 aromatic rings. The van der Waals surface area contributed by atoms with Crippen molar-refractivity contribution in [2.24, 2.45) is 0 Å². The molecule has 8 heteroatoms. The van der Waals surface area contributed by atoms with Crippen LogP contribution >= 0.6 is 23.8 Å². The molecule has 1 fully saturated rings. The minimum atomic E-state index is -0.548. The Kier molecular flexibility index (Phi) is 7.13. The number of hydrogen-bond acceptors (Lipinski definition) is 4.